The van der Waals surface area contributed by atoms with Crippen molar-refractivity contribution in [2.75, 3.05) is 31.9 Å². The standard InChI is InChI=1S/C22H22F2N4O3S2/c1-16-4-2-3-5-20(16)28-9-8-25-22(28)32-15-21(29)26-10-12-27(13-11-26)33(30,31)17-6-7-18(23)19(24)14-17/h2-9,14H,10-13,15H2,1H3. The fourth-order valence-corrected chi connectivity index (χ4v) is 5.90. The summed E-state index contributed by atoms with van der Waals surface area (Å²) in [5, 5.41) is 0.692. The normalized spacial score (nSPS) is 15.1. The van der Waals surface area contributed by atoms with Crippen LogP contribution in [-0.2, 0) is 14.8 Å². The molecule has 7 nitrogen and oxygen atoms in total. The second-order valence-corrected chi connectivity index (χ2v) is 10.4. The van der Waals surface area contributed by atoms with Crippen LogP contribution in [0.3, 0.4) is 0 Å². The van der Waals surface area contributed by atoms with Crippen LogP contribution in [0.15, 0.2) is 64.9 Å². The fraction of sp³-hybridized carbons (Fsp3) is 0.273. The van der Waals surface area contributed by atoms with Gasteiger partial charge < -0.3 is 4.90 Å². The van der Waals surface area contributed by atoms with Crippen LogP contribution >= 0.6 is 11.8 Å². The van der Waals surface area contributed by atoms with Crippen LogP contribution in [0.25, 0.3) is 5.69 Å². The van der Waals surface area contributed by atoms with Crippen LogP contribution in [-0.4, -0.2) is 65.0 Å². The molecule has 0 unspecified atom stereocenters. The second kappa shape index (κ2) is 9.62. The molecule has 0 aliphatic carbocycles. The van der Waals surface area contributed by atoms with Crippen molar-refractivity contribution in [3.63, 3.8) is 0 Å². The number of carbonyl (C=O) groups is 1. The Bertz CT molecular complexity index is 1270. The van der Waals surface area contributed by atoms with Gasteiger partial charge in [-0.1, -0.05) is 30.0 Å². The first kappa shape index (κ1) is 23.4. The summed E-state index contributed by atoms with van der Waals surface area (Å²) in [6, 6.07) is 10.4. The van der Waals surface area contributed by atoms with Crippen molar-refractivity contribution in [1.29, 1.82) is 0 Å². The number of amides is 1. The number of para-hydroxylation sites is 1. The van der Waals surface area contributed by atoms with Crippen LogP contribution in [0.4, 0.5) is 8.78 Å². The third-order valence-corrected chi connectivity index (χ3v) is 8.27. The van der Waals surface area contributed by atoms with E-state index in [2.05, 4.69) is 4.98 Å². The lowest BCUT2D eigenvalue weighted by molar-refractivity contribution is -0.129. The van der Waals surface area contributed by atoms with Crippen molar-refractivity contribution < 1.29 is 22.0 Å². The van der Waals surface area contributed by atoms with Gasteiger partial charge in [0.25, 0.3) is 0 Å². The Hall–Kier alpha value is -2.76. The van der Waals surface area contributed by atoms with Crippen molar-refractivity contribution >= 4 is 27.7 Å². The lowest BCUT2D eigenvalue weighted by atomic mass is 10.2. The van der Waals surface area contributed by atoms with E-state index in [1.54, 1.807) is 11.1 Å². The number of imidazole rings is 1. The SMILES string of the molecule is Cc1ccccc1-n1ccnc1SCC(=O)N1CCN(S(=O)(=O)c2ccc(F)c(F)c2)CC1. The topological polar surface area (TPSA) is 75.5 Å². The predicted molar refractivity (Wildman–Crippen MR) is 121 cm³/mol. The molecule has 1 aromatic heterocycles. The number of nitrogens with zero attached hydrogens (tertiary/aromatic N) is 4. The van der Waals surface area contributed by atoms with Crippen LogP contribution in [0.1, 0.15) is 5.56 Å². The van der Waals surface area contributed by atoms with Crippen LogP contribution < -0.4 is 0 Å². The van der Waals surface area contributed by atoms with Crippen LogP contribution in [0.2, 0.25) is 0 Å². The quantitative estimate of drug-likeness (QED) is 0.495. The number of piperazine rings is 1. The molecule has 1 aliphatic heterocycles. The van der Waals surface area contributed by atoms with E-state index in [0.717, 1.165) is 23.4 Å². The van der Waals surface area contributed by atoms with E-state index in [9.17, 15) is 22.0 Å². The number of carbonyl (C=O) groups excluding carboxylic acids is 1. The van der Waals surface area contributed by atoms with Crippen molar-refractivity contribution in [3.8, 4) is 5.69 Å². The monoisotopic (exact) mass is 492 g/mol. The van der Waals surface area contributed by atoms with E-state index in [1.807, 2.05) is 42.0 Å². The molecule has 0 atom stereocenters. The van der Waals surface area contributed by atoms with Crippen molar-refractivity contribution in [1.82, 2.24) is 18.8 Å². The van der Waals surface area contributed by atoms with Gasteiger partial charge in [-0.05, 0) is 36.8 Å². The van der Waals surface area contributed by atoms with Gasteiger partial charge in [-0.3, -0.25) is 9.36 Å². The first-order valence-electron chi connectivity index (χ1n) is 10.2. The summed E-state index contributed by atoms with van der Waals surface area (Å²) in [7, 11) is -3.97. The number of hydrogen-bond acceptors (Lipinski definition) is 5. The summed E-state index contributed by atoms with van der Waals surface area (Å²) in [5.41, 5.74) is 2.07. The molecule has 2 aromatic carbocycles. The lowest BCUT2D eigenvalue weighted by Gasteiger charge is -2.34. The first-order valence-corrected chi connectivity index (χ1v) is 12.6. The maximum Gasteiger partial charge on any atom is 0.243 e. The third kappa shape index (κ3) is 4.94. The number of aromatic nitrogens is 2. The molecule has 2 heterocycles. The van der Waals surface area contributed by atoms with Gasteiger partial charge in [0.1, 0.15) is 0 Å². The molecule has 0 bridgehead atoms. The molecular formula is C22H22F2N4O3S2. The van der Waals surface area contributed by atoms with E-state index < -0.39 is 21.7 Å². The summed E-state index contributed by atoms with van der Waals surface area (Å²) in [6.07, 6.45) is 3.53. The van der Waals surface area contributed by atoms with Crippen molar-refractivity contribution in [3.05, 3.63) is 72.1 Å². The Morgan fingerprint density at radius 2 is 1.79 bits per heavy atom. The Kier molecular flexibility index (Phi) is 6.82. The Morgan fingerprint density at radius 3 is 2.48 bits per heavy atom. The summed E-state index contributed by atoms with van der Waals surface area (Å²) in [6.45, 7) is 2.59. The van der Waals surface area contributed by atoms with Crippen LogP contribution in [0.5, 0.6) is 0 Å². The van der Waals surface area contributed by atoms with Gasteiger partial charge in [0, 0.05) is 38.6 Å². The zero-order valence-electron chi connectivity index (χ0n) is 17.8. The molecule has 1 aliphatic rings. The smallest absolute Gasteiger partial charge is 0.243 e. The summed E-state index contributed by atoms with van der Waals surface area (Å²) < 4.78 is 55.2. The average Bonchev–Trinajstić information content (AvgIpc) is 3.28. The number of halogens is 2. The maximum atomic E-state index is 13.5. The molecule has 1 fully saturated rings. The average molecular weight is 493 g/mol. The highest BCUT2D eigenvalue weighted by Gasteiger charge is 2.30. The van der Waals surface area contributed by atoms with E-state index in [4.69, 9.17) is 0 Å². The zero-order valence-corrected chi connectivity index (χ0v) is 19.5. The van der Waals surface area contributed by atoms with E-state index in [1.165, 1.54) is 16.1 Å². The highest BCUT2D eigenvalue weighted by Crippen LogP contribution is 2.24. The van der Waals surface area contributed by atoms with Gasteiger partial charge >= 0.3 is 0 Å². The minimum Gasteiger partial charge on any atom is -0.339 e. The molecule has 0 saturated carbocycles. The molecule has 33 heavy (non-hydrogen) atoms. The van der Waals surface area contributed by atoms with Crippen molar-refractivity contribution in [2.24, 2.45) is 0 Å². The zero-order chi connectivity index (χ0) is 23.6. The molecule has 4 rings (SSSR count). The Balaban J connectivity index is 1.36. The number of thioether (sulfide) groups is 1. The van der Waals surface area contributed by atoms with Gasteiger partial charge in [0.15, 0.2) is 16.8 Å². The third-order valence-electron chi connectivity index (χ3n) is 5.43. The Morgan fingerprint density at radius 1 is 1.06 bits per heavy atom. The molecule has 11 heteroatoms. The molecule has 1 amide bonds. The van der Waals surface area contributed by atoms with Crippen LogP contribution in [0, 0.1) is 18.6 Å². The van der Waals surface area contributed by atoms with E-state index in [0.29, 0.717) is 11.2 Å². The minimum absolute atomic E-state index is 0.0789. The van der Waals surface area contributed by atoms with E-state index >= 15 is 0 Å². The number of benzene rings is 2. The predicted octanol–water partition coefficient (Wildman–Crippen LogP) is 3.08. The number of hydrogen-bond donors (Lipinski definition) is 0. The second-order valence-electron chi connectivity index (χ2n) is 7.52. The Labute approximate surface area is 195 Å². The van der Waals surface area contributed by atoms with Gasteiger partial charge in [0.2, 0.25) is 15.9 Å². The molecule has 3 aromatic rings. The van der Waals surface area contributed by atoms with Crippen molar-refractivity contribution in [2.45, 2.75) is 17.0 Å². The molecule has 0 N–H and O–H groups in total. The number of aryl methyl sites for hydroxylation is 1. The molecular weight excluding hydrogens is 470 g/mol. The number of sulfonamides is 1. The maximum absolute atomic E-state index is 13.5. The minimum atomic E-state index is -3.97. The highest BCUT2D eigenvalue weighted by molar-refractivity contribution is 7.99. The molecule has 0 radical (unpaired) electrons. The summed E-state index contributed by atoms with van der Waals surface area (Å²) >= 11 is 1.32. The summed E-state index contributed by atoms with van der Waals surface area (Å²) in [5.74, 6) is -2.28. The molecule has 174 valence electrons. The lowest BCUT2D eigenvalue weighted by Crippen LogP contribution is -2.51. The van der Waals surface area contributed by atoms with Gasteiger partial charge in [-0.2, -0.15) is 4.31 Å². The van der Waals surface area contributed by atoms with Gasteiger partial charge in [0.05, 0.1) is 16.3 Å². The molecule has 1 saturated heterocycles. The number of rotatable bonds is 6. The summed E-state index contributed by atoms with van der Waals surface area (Å²) in [4.78, 5) is 18.4. The highest BCUT2D eigenvalue weighted by atomic mass is 32.2. The molecule has 0 spiro atoms. The first-order chi connectivity index (χ1) is 15.8. The van der Waals surface area contributed by atoms with Gasteiger partial charge in [-0.15, -0.1) is 0 Å². The largest absolute Gasteiger partial charge is 0.339 e. The fourth-order valence-electron chi connectivity index (χ4n) is 3.60. The van der Waals surface area contributed by atoms with Gasteiger partial charge in [-0.25, -0.2) is 22.2 Å². The van der Waals surface area contributed by atoms with E-state index in [-0.39, 0.29) is 42.7 Å².